The standard InChI is InChI=1S/C16H16F2N2O2/c17-15(18)8-12-9-19-14-2-1-11(7-13(12)14)10-3-5-20(6-4-10)16(21)22/h1-3,7,9,15,19H,4-6,8H2,(H,21,22). The highest BCUT2D eigenvalue weighted by Gasteiger charge is 2.17. The molecule has 6 heteroatoms. The van der Waals surface area contributed by atoms with Crippen molar-refractivity contribution < 1.29 is 18.7 Å². The average molecular weight is 306 g/mol. The van der Waals surface area contributed by atoms with Crippen LogP contribution in [0.15, 0.2) is 30.5 Å². The van der Waals surface area contributed by atoms with Crippen molar-refractivity contribution in [2.75, 3.05) is 13.1 Å². The Morgan fingerprint density at radius 3 is 2.86 bits per heavy atom. The van der Waals surface area contributed by atoms with Crippen molar-refractivity contribution in [3.8, 4) is 0 Å². The van der Waals surface area contributed by atoms with Gasteiger partial charge in [-0.2, -0.15) is 0 Å². The number of carbonyl (C=O) groups is 1. The van der Waals surface area contributed by atoms with E-state index < -0.39 is 12.5 Å². The molecule has 22 heavy (non-hydrogen) atoms. The molecule has 0 aliphatic carbocycles. The highest BCUT2D eigenvalue weighted by molar-refractivity contribution is 5.87. The summed E-state index contributed by atoms with van der Waals surface area (Å²) in [7, 11) is 0. The predicted molar refractivity (Wildman–Crippen MR) is 80.2 cm³/mol. The van der Waals surface area contributed by atoms with Crippen LogP contribution in [0.1, 0.15) is 17.5 Å². The van der Waals surface area contributed by atoms with E-state index in [0.717, 1.165) is 22.0 Å². The van der Waals surface area contributed by atoms with Gasteiger partial charge in [0.05, 0.1) is 0 Å². The minimum atomic E-state index is -2.37. The van der Waals surface area contributed by atoms with Crippen LogP contribution in [0, 0.1) is 0 Å². The van der Waals surface area contributed by atoms with E-state index in [1.807, 2.05) is 24.3 Å². The highest BCUT2D eigenvalue weighted by Crippen LogP contribution is 2.28. The van der Waals surface area contributed by atoms with Crippen LogP contribution in [-0.2, 0) is 6.42 Å². The van der Waals surface area contributed by atoms with E-state index >= 15 is 0 Å². The third kappa shape index (κ3) is 2.81. The Morgan fingerprint density at radius 2 is 2.23 bits per heavy atom. The van der Waals surface area contributed by atoms with Crippen LogP contribution in [-0.4, -0.2) is 40.6 Å². The number of nitrogens with one attached hydrogen (secondary N) is 1. The molecule has 0 saturated heterocycles. The van der Waals surface area contributed by atoms with E-state index in [-0.39, 0.29) is 6.42 Å². The van der Waals surface area contributed by atoms with Crippen LogP contribution in [0.4, 0.5) is 13.6 Å². The third-order valence-corrected chi connectivity index (χ3v) is 3.99. The fourth-order valence-electron chi connectivity index (χ4n) is 2.82. The molecule has 0 bridgehead atoms. The van der Waals surface area contributed by atoms with Crippen molar-refractivity contribution in [3.05, 3.63) is 41.6 Å². The number of halogens is 2. The van der Waals surface area contributed by atoms with Gasteiger partial charge in [-0.3, -0.25) is 0 Å². The Kier molecular flexibility index (Phi) is 3.83. The fourth-order valence-corrected chi connectivity index (χ4v) is 2.82. The van der Waals surface area contributed by atoms with Gasteiger partial charge in [-0.25, -0.2) is 13.6 Å². The first kappa shape index (κ1) is 14.6. The normalized spacial score (nSPS) is 15.4. The van der Waals surface area contributed by atoms with Crippen LogP contribution >= 0.6 is 0 Å². The van der Waals surface area contributed by atoms with Crippen LogP contribution in [0.25, 0.3) is 16.5 Å². The lowest BCUT2D eigenvalue weighted by atomic mass is 9.97. The average Bonchev–Trinajstić information content (AvgIpc) is 2.89. The Bertz CT molecular complexity index is 737. The molecule has 2 heterocycles. The van der Waals surface area contributed by atoms with Crippen LogP contribution in [0.2, 0.25) is 0 Å². The summed E-state index contributed by atoms with van der Waals surface area (Å²) in [5, 5.41) is 9.76. The molecule has 1 amide bonds. The molecule has 2 N–H and O–H groups in total. The zero-order chi connectivity index (χ0) is 15.7. The minimum Gasteiger partial charge on any atom is -0.465 e. The molecule has 1 aromatic carbocycles. The van der Waals surface area contributed by atoms with E-state index in [0.29, 0.717) is 25.1 Å². The summed E-state index contributed by atoms with van der Waals surface area (Å²) < 4.78 is 25.2. The molecule has 2 aromatic rings. The molecule has 3 rings (SSSR count). The Balaban J connectivity index is 1.90. The van der Waals surface area contributed by atoms with E-state index in [4.69, 9.17) is 5.11 Å². The molecule has 0 radical (unpaired) electrons. The van der Waals surface area contributed by atoms with Crippen molar-refractivity contribution in [2.45, 2.75) is 19.3 Å². The van der Waals surface area contributed by atoms with Gasteiger partial charge < -0.3 is 15.0 Å². The molecular formula is C16H16F2N2O2. The molecule has 0 atom stereocenters. The van der Waals surface area contributed by atoms with Gasteiger partial charge in [-0.05, 0) is 35.3 Å². The van der Waals surface area contributed by atoms with Crippen LogP contribution < -0.4 is 0 Å². The number of rotatable bonds is 3. The van der Waals surface area contributed by atoms with Gasteiger partial charge in [0.2, 0.25) is 6.43 Å². The number of aromatic nitrogens is 1. The lowest BCUT2D eigenvalue weighted by Gasteiger charge is -2.23. The first-order valence-electron chi connectivity index (χ1n) is 7.10. The first-order valence-corrected chi connectivity index (χ1v) is 7.10. The van der Waals surface area contributed by atoms with E-state index in [2.05, 4.69) is 4.98 Å². The molecule has 0 saturated carbocycles. The second kappa shape index (κ2) is 5.79. The third-order valence-electron chi connectivity index (χ3n) is 3.99. The predicted octanol–water partition coefficient (Wildman–Crippen LogP) is 3.74. The van der Waals surface area contributed by atoms with Crippen molar-refractivity contribution in [3.63, 3.8) is 0 Å². The van der Waals surface area contributed by atoms with E-state index in [1.165, 1.54) is 4.90 Å². The van der Waals surface area contributed by atoms with Crippen LogP contribution in [0.3, 0.4) is 0 Å². The number of H-pyrrole nitrogens is 1. The lowest BCUT2D eigenvalue weighted by molar-refractivity contribution is 0.149. The van der Waals surface area contributed by atoms with Crippen LogP contribution in [0.5, 0.6) is 0 Å². The van der Waals surface area contributed by atoms with Crippen molar-refractivity contribution in [2.24, 2.45) is 0 Å². The Labute approximate surface area is 126 Å². The molecule has 0 fully saturated rings. The van der Waals surface area contributed by atoms with Gasteiger partial charge in [0.15, 0.2) is 0 Å². The summed E-state index contributed by atoms with van der Waals surface area (Å²) in [5.74, 6) is 0. The van der Waals surface area contributed by atoms with Gasteiger partial charge in [-0.15, -0.1) is 0 Å². The summed E-state index contributed by atoms with van der Waals surface area (Å²) >= 11 is 0. The summed E-state index contributed by atoms with van der Waals surface area (Å²) in [5.41, 5.74) is 3.47. The molecule has 0 spiro atoms. The number of alkyl halides is 2. The Hall–Kier alpha value is -2.37. The zero-order valence-electron chi connectivity index (χ0n) is 11.9. The van der Waals surface area contributed by atoms with E-state index in [9.17, 15) is 13.6 Å². The van der Waals surface area contributed by atoms with Gasteiger partial charge in [0.1, 0.15) is 0 Å². The maximum atomic E-state index is 12.6. The van der Waals surface area contributed by atoms with Gasteiger partial charge >= 0.3 is 6.09 Å². The number of hydrogen-bond acceptors (Lipinski definition) is 1. The van der Waals surface area contributed by atoms with Crippen molar-refractivity contribution in [1.82, 2.24) is 9.88 Å². The summed E-state index contributed by atoms with van der Waals surface area (Å²) in [6.07, 6.45) is 0.582. The molecule has 1 aliphatic rings. The smallest absolute Gasteiger partial charge is 0.407 e. The zero-order valence-corrected chi connectivity index (χ0v) is 11.9. The number of benzene rings is 1. The number of amides is 1. The number of aromatic amines is 1. The topological polar surface area (TPSA) is 56.3 Å². The van der Waals surface area contributed by atoms with Crippen molar-refractivity contribution >= 4 is 22.6 Å². The molecular weight excluding hydrogens is 290 g/mol. The summed E-state index contributed by atoms with van der Waals surface area (Å²) in [4.78, 5) is 15.3. The largest absolute Gasteiger partial charge is 0.465 e. The van der Waals surface area contributed by atoms with Gasteiger partial charge in [-0.1, -0.05) is 12.1 Å². The molecule has 0 unspecified atom stereocenters. The Morgan fingerprint density at radius 1 is 1.41 bits per heavy atom. The maximum absolute atomic E-state index is 12.6. The first-order chi connectivity index (χ1) is 10.5. The number of fused-ring (bicyclic) bond motifs is 1. The molecule has 116 valence electrons. The monoisotopic (exact) mass is 306 g/mol. The molecule has 1 aromatic heterocycles. The van der Waals surface area contributed by atoms with Crippen molar-refractivity contribution in [1.29, 1.82) is 0 Å². The second-order valence-electron chi connectivity index (χ2n) is 5.38. The lowest BCUT2D eigenvalue weighted by Crippen LogP contribution is -2.33. The maximum Gasteiger partial charge on any atom is 0.407 e. The van der Waals surface area contributed by atoms with E-state index in [1.54, 1.807) is 6.20 Å². The number of nitrogens with zero attached hydrogens (tertiary/aromatic N) is 1. The highest BCUT2D eigenvalue weighted by atomic mass is 19.3. The molecule has 1 aliphatic heterocycles. The minimum absolute atomic E-state index is 0.269. The fraction of sp³-hybridized carbons (Fsp3) is 0.312. The number of hydrogen-bond donors (Lipinski definition) is 2. The number of carboxylic acid groups (broad SMARTS) is 1. The quantitative estimate of drug-likeness (QED) is 0.907. The summed E-state index contributed by atoms with van der Waals surface area (Å²) in [6, 6.07) is 5.73. The van der Waals surface area contributed by atoms with Gasteiger partial charge in [0, 0.05) is 36.6 Å². The molecule has 4 nitrogen and oxygen atoms in total. The van der Waals surface area contributed by atoms with Gasteiger partial charge in [0.25, 0.3) is 0 Å². The second-order valence-corrected chi connectivity index (χ2v) is 5.38. The SMILES string of the molecule is O=C(O)N1CC=C(c2ccc3[nH]cc(CC(F)F)c3c2)CC1. The summed E-state index contributed by atoms with van der Waals surface area (Å²) in [6.45, 7) is 0.815.